The zero-order valence-corrected chi connectivity index (χ0v) is 5.93. The topological polar surface area (TPSA) is 52.3 Å². The summed E-state index contributed by atoms with van der Waals surface area (Å²) >= 11 is 0. The Morgan fingerprint density at radius 2 is 2.45 bits per heavy atom. The van der Waals surface area contributed by atoms with Crippen molar-refractivity contribution in [1.82, 2.24) is 19.6 Å². The van der Waals surface area contributed by atoms with Gasteiger partial charge in [0.25, 0.3) is 0 Å². The van der Waals surface area contributed by atoms with Crippen molar-refractivity contribution in [1.29, 1.82) is 0 Å². The second-order valence-corrected chi connectivity index (χ2v) is 1.98. The SMILES string of the molecule is COc1nc2ccncn2n1. The van der Waals surface area contributed by atoms with Crippen molar-refractivity contribution < 1.29 is 4.74 Å². The Morgan fingerprint density at radius 1 is 1.55 bits per heavy atom. The van der Waals surface area contributed by atoms with Gasteiger partial charge in [0, 0.05) is 12.3 Å². The molecule has 0 N–H and O–H groups in total. The lowest BCUT2D eigenvalue weighted by molar-refractivity contribution is 0.380. The van der Waals surface area contributed by atoms with Gasteiger partial charge in [-0.1, -0.05) is 0 Å². The van der Waals surface area contributed by atoms with E-state index in [2.05, 4.69) is 15.1 Å². The van der Waals surface area contributed by atoms with Gasteiger partial charge in [-0.2, -0.15) is 9.50 Å². The summed E-state index contributed by atoms with van der Waals surface area (Å²) in [4.78, 5) is 7.89. The quantitative estimate of drug-likeness (QED) is 0.580. The summed E-state index contributed by atoms with van der Waals surface area (Å²) in [5.41, 5.74) is 0.733. The standard InChI is InChI=1S/C6H6N4O/c1-11-6-8-5-2-3-7-4-10(5)9-6/h2-4H,1H3. The van der Waals surface area contributed by atoms with Crippen LogP contribution < -0.4 is 4.74 Å². The number of fused-ring (bicyclic) bond motifs is 1. The zero-order valence-electron chi connectivity index (χ0n) is 5.93. The molecule has 0 atom stereocenters. The third kappa shape index (κ3) is 0.899. The molecule has 0 bridgehead atoms. The van der Waals surface area contributed by atoms with Crippen molar-refractivity contribution in [2.45, 2.75) is 0 Å². The second-order valence-electron chi connectivity index (χ2n) is 1.98. The lowest BCUT2D eigenvalue weighted by atomic mass is 10.6. The first-order valence-corrected chi connectivity index (χ1v) is 3.10. The Balaban J connectivity index is 2.69. The predicted octanol–water partition coefficient (Wildman–Crippen LogP) is 0.133. The Bertz CT molecular complexity index is 336. The molecule has 0 fully saturated rings. The lowest BCUT2D eigenvalue weighted by Gasteiger charge is -1.84. The summed E-state index contributed by atoms with van der Waals surface area (Å²) in [6, 6.07) is 2.12. The maximum atomic E-state index is 4.83. The average Bonchev–Trinajstić information content (AvgIpc) is 2.46. The van der Waals surface area contributed by atoms with Gasteiger partial charge in [0.1, 0.15) is 6.33 Å². The number of rotatable bonds is 1. The zero-order chi connectivity index (χ0) is 7.68. The van der Waals surface area contributed by atoms with Crippen LogP contribution in [0, 0.1) is 0 Å². The van der Waals surface area contributed by atoms with Gasteiger partial charge < -0.3 is 4.74 Å². The molecular weight excluding hydrogens is 144 g/mol. The molecule has 0 aliphatic carbocycles. The van der Waals surface area contributed by atoms with Gasteiger partial charge in [-0.3, -0.25) is 0 Å². The Hall–Kier alpha value is -1.65. The Kier molecular flexibility index (Phi) is 1.21. The molecule has 2 rings (SSSR count). The van der Waals surface area contributed by atoms with Crippen LogP contribution in [-0.4, -0.2) is 26.7 Å². The van der Waals surface area contributed by atoms with Crippen LogP contribution in [0.1, 0.15) is 0 Å². The summed E-state index contributed by atoms with van der Waals surface area (Å²) in [6.07, 6.45) is 3.23. The number of aromatic nitrogens is 4. The van der Waals surface area contributed by atoms with Gasteiger partial charge in [-0.25, -0.2) is 4.98 Å². The number of methoxy groups -OCH3 is 1. The van der Waals surface area contributed by atoms with E-state index in [0.717, 1.165) is 5.65 Å². The van der Waals surface area contributed by atoms with Crippen molar-refractivity contribution in [2.24, 2.45) is 0 Å². The van der Waals surface area contributed by atoms with Gasteiger partial charge in [-0.15, -0.1) is 5.10 Å². The van der Waals surface area contributed by atoms with Gasteiger partial charge in [0.2, 0.25) is 0 Å². The fourth-order valence-electron chi connectivity index (χ4n) is 0.811. The average molecular weight is 150 g/mol. The number of nitrogens with zero attached hydrogens (tertiary/aromatic N) is 4. The van der Waals surface area contributed by atoms with E-state index in [0.29, 0.717) is 6.01 Å². The summed E-state index contributed by atoms with van der Waals surface area (Å²) in [6.45, 7) is 0. The fraction of sp³-hybridized carbons (Fsp3) is 0.167. The van der Waals surface area contributed by atoms with Crippen LogP contribution in [0.15, 0.2) is 18.6 Å². The van der Waals surface area contributed by atoms with Crippen LogP contribution in [0.4, 0.5) is 0 Å². The summed E-state index contributed by atoms with van der Waals surface area (Å²) in [5.74, 6) is 0. The van der Waals surface area contributed by atoms with E-state index < -0.39 is 0 Å². The molecule has 0 unspecified atom stereocenters. The van der Waals surface area contributed by atoms with Gasteiger partial charge in [-0.05, 0) is 0 Å². The molecule has 0 aliphatic heterocycles. The first-order valence-electron chi connectivity index (χ1n) is 3.10. The highest BCUT2D eigenvalue weighted by atomic mass is 16.5. The van der Waals surface area contributed by atoms with Crippen molar-refractivity contribution in [3.8, 4) is 6.01 Å². The van der Waals surface area contributed by atoms with Gasteiger partial charge >= 0.3 is 6.01 Å². The molecule has 0 saturated carbocycles. The molecule has 5 nitrogen and oxygen atoms in total. The van der Waals surface area contributed by atoms with Gasteiger partial charge in [0.05, 0.1) is 7.11 Å². The van der Waals surface area contributed by atoms with E-state index >= 15 is 0 Å². The van der Waals surface area contributed by atoms with Gasteiger partial charge in [0.15, 0.2) is 5.65 Å². The number of hydrogen-bond acceptors (Lipinski definition) is 4. The minimum absolute atomic E-state index is 0.359. The lowest BCUT2D eigenvalue weighted by Crippen LogP contribution is -1.87. The molecule has 0 spiro atoms. The molecule has 56 valence electrons. The van der Waals surface area contributed by atoms with E-state index in [-0.39, 0.29) is 0 Å². The first-order chi connectivity index (χ1) is 5.40. The maximum Gasteiger partial charge on any atom is 0.336 e. The Labute approximate surface area is 62.7 Å². The van der Waals surface area contributed by atoms with Crippen LogP contribution in [-0.2, 0) is 0 Å². The van der Waals surface area contributed by atoms with Crippen molar-refractivity contribution in [3.63, 3.8) is 0 Å². The third-order valence-electron chi connectivity index (χ3n) is 1.31. The van der Waals surface area contributed by atoms with Crippen LogP contribution in [0.3, 0.4) is 0 Å². The molecule has 0 aliphatic rings. The van der Waals surface area contributed by atoms with Crippen LogP contribution in [0.5, 0.6) is 6.01 Å². The second kappa shape index (κ2) is 2.19. The van der Waals surface area contributed by atoms with E-state index in [4.69, 9.17) is 4.74 Å². The van der Waals surface area contributed by atoms with E-state index in [1.54, 1.807) is 23.1 Å². The molecule has 5 heteroatoms. The summed E-state index contributed by atoms with van der Waals surface area (Å²) < 4.78 is 6.38. The highest BCUT2D eigenvalue weighted by Gasteiger charge is 1.99. The normalized spacial score (nSPS) is 10.3. The maximum absolute atomic E-state index is 4.83. The minimum atomic E-state index is 0.359. The monoisotopic (exact) mass is 150 g/mol. The molecular formula is C6H6N4O. The largest absolute Gasteiger partial charge is 0.466 e. The van der Waals surface area contributed by atoms with Crippen molar-refractivity contribution in [2.75, 3.05) is 7.11 Å². The summed E-state index contributed by atoms with van der Waals surface area (Å²) in [5, 5.41) is 3.95. The first kappa shape index (κ1) is 6.09. The smallest absolute Gasteiger partial charge is 0.336 e. The molecule has 0 radical (unpaired) electrons. The summed E-state index contributed by atoms with van der Waals surface area (Å²) in [7, 11) is 1.53. The highest BCUT2D eigenvalue weighted by molar-refractivity contribution is 5.35. The molecule has 11 heavy (non-hydrogen) atoms. The van der Waals surface area contributed by atoms with Crippen molar-refractivity contribution >= 4 is 5.65 Å². The molecule has 2 aromatic rings. The Morgan fingerprint density at radius 3 is 3.18 bits per heavy atom. The molecule has 2 aromatic heterocycles. The van der Waals surface area contributed by atoms with Crippen LogP contribution in [0.2, 0.25) is 0 Å². The molecule has 0 amide bonds. The predicted molar refractivity (Wildman–Crippen MR) is 37.3 cm³/mol. The molecule has 0 aromatic carbocycles. The van der Waals surface area contributed by atoms with E-state index in [9.17, 15) is 0 Å². The minimum Gasteiger partial charge on any atom is -0.466 e. The van der Waals surface area contributed by atoms with E-state index in [1.165, 1.54) is 7.11 Å². The van der Waals surface area contributed by atoms with Crippen LogP contribution >= 0.6 is 0 Å². The number of ether oxygens (including phenoxy) is 1. The van der Waals surface area contributed by atoms with Crippen molar-refractivity contribution in [3.05, 3.63) is 18.6 Å². The fourth-order valence-corrected chi connectivity index (χ4v) is 0.811. The number of hydrogen-bond donors (Lipinski definition) is 0. The van der Waals surface area contributed by atoms with E-state index in [1.807, 2.05) is 0 Å². The van der Waals surface area contributed by atoms with Crippen LogP contribution in [0.25, 0.3) is 5.65 Å². The molecule has 2 heterocycles. The highest BCUT2D eigenvalue weighted by Crippen LogP contribution is 2.03. The third-order valence-corrected chi connectivity index (χ3v) is 1.31. The molecule has 0 saturated heterocycles.